The van der Waals surface area contributed by atoms with Gasteiger partial charge in [-0.05, 0) is 232 Å². The topological polar surface area (TPSA) is 87.0 Å². The minimum absolute atomic E-state index is 0.00722. The molecule has 116 heavy (non-hydrogen) atoms. The average Bonchev–Trinajstić information content (AvgIpc) is 1.65. The van der Waals surface area contributed by atoms with Gasteiger partial charge >= 0.3 is 5.97 Å². The number of fused-ring (bicyclic) bond motifs is 1. The van der Waals surface area contributed by atoms with Crippen LogP contribution in [0.1, 0.15) is 466 Å². The van der Waals surface area contributed by atoms with Crippen molar-refractivity contribution in [2.24, 2.45) is 140 Å². The molecule has 6 nitrogen and oxygen atoms in total. The second kappa shape index (κ2) is 48.2. The Morgan fingerprint density at radius 2 is 0.802 bits per heavy atom. The summed E-state index contributed by atoms with van der Waals surface area (Å²) in [4.78, 5) is 15.9. The number of aliphatic hydroxyl groups is 1. The Morgan fingerprint density at radius 3 is 0.991 bits per heavy atom. The number of aromatic amines is 1. The maximum atomic E-state index is 10.6. The number of benzene rings is 1. The number of carboxylic acid groups (broad SMARTS) is 1. The van der Waals surface area contributed by atoms with Gasteiger partial charge in [0.15, 0.2) is 0 Å². The number of carbonyl (C=O) groups is 1. The molecule has 0 saturated carbocycles. The zero-order valence-electron chi connectivity index (χ0n) is 91.2. The number of hydrogen-bond acceptors (Lipinski definition) is 4. The van der Waals surface area contributed by atoms with Crippen LogP contribution in [-0.2, 0) is 16.0 Å². The Bertz CT molecular complexity index is 2690. The smallest absolute Gasteiger partial charge is 0.303 e. The lowest BCUT2D eigenvalue weighted by atomic mass is 9.63. The molecule has 1 fully saturated rings. The van der Waals surface area contributed by atoms with Crippen LogP contribution in [0.4, 0.5) is 0 Å². The zero-order chi connectivity index (χ0) is 95.0. The molecule has 1 saturated heterocycles. The standard InChI is InChI=1S/C18H27N.C14H30.C13H28.C12H25N.C12H24O2.C11H24O.C10H22S.C10H22.C9H20O/c1-17(2,3)16(18(4,5)6)12-14-11-13-9-7-8-10-15(13)19-14;1-9-11(2)10-12(13(3,4)5)14(6,7)8;1-10(2)9-11(12(3,4)5)13(6,7)8;1-11(2,3)10-8-7-9-13(10)12(4,5)6;1-11(2,3)9(12(4,5)6)7-8-10(13)14;1-8(12)9(10(2,3)4)11(5,6)7;1-9(2,3)8(7-11)10(4,5)6;1-8(9(2,3)4)10(5,6)7;1-8(2,3)7-10-9(4,5)6/h7-11,16,19H,12H2,1-6H3;11-12H,9-10H2,1-8H3;10-11H,9H2,1-8H3;10H,7-9H2,1-6H3;9H,7-8H2,1-6H3,(H,13,14);8-9,12H,1-7H3;8,11H,7H2,1-6H3;8H,1-7H3;7H2,1-6H3/p+1. The summed E-state index contributed by atoms with van der Waals surface area (Å²) < 4.78 is 5.59. The molecule has 7 heteroatoms. The van der Waals surface area contributed by atoms with Crippen molar-refractivity contribution in [1.82, 2.24) is 4.98 Å². The summed E-state index contributed by atoms with van der Waals surface area (Å²) >= 11 is 4.40. The first kappa shape index (κ1) is 125. The highest BCUT2D eigenvalue weighted by atomic mass is 32.1. The SMILES string of the molecule is CC(C(C)(C)C)C(C)(C)C.CC(C)(C)C(CCC(=O)O)C(C)(C)C.CC(C)(C)C(CS)C(C)(C)C.CC(C)(C)C(Cc1cc2ccccc2[nH]1)C(C)(C)C.CC(C)(C)C1CCC[NH+]1C(C)(C)C.CC(C)(C)COC(C)(C)C.CC(C)CC(C(C)(C)C)C(C)(C)C.CC(O)C(C(C)(C)C)C(C)(C)C.CCC(C)CC(C(C)(C)C)C(C)(C)C. The summed E-state index contributed by atoms with van der Waals surface area (Å²) in [5.41, 5.74) is 8.49. The number of ether oxygens (including phenoxy) is 1. The molecule has 4 N–H and O–H groups in total. The number of aromatic nitrogens is 1. The molecule has 2 aromatic rings. The van der Waals surface area contributed by atoms with Crippen molar-refractivity contribution in [2.45, 2.75) is 490 Å². The highest BCUT2D eigenvalue weighted by Crippen LogP contribution is 2.48. The molecule has 0 spiro atoms. The Kier molecular flexibility index (Phi) is 52.1. The quantitative estimate of drug-likeness (QED) is 0.129. The summed E-state index contributed by atoms with van der Waals surface area (Å²) in [6.45, 7) is 139. The van der Waals surface area contributed by atoms with Crippen LogP contribution in [0.5, 0.6) is 0 Å². The summed E-state index contributed by atoms with van der Waals surface area (Å²) in [7, 11) is 0. The average molecular weight is 1660 g/mol. The maximum absolute atomic E-state index is 10.6. The van der Waals surface area contributed by atoms with Crippen molar-refractivity contribution >= 4 is 29.5 Å². The Hall–Kier alpha value is -1.54. The predicted molar refractivity (Wildman–Crippen MR) is 534 cm³/mol. The number of nitrogens with one attached hydrogen (secondary N) is 2. The number of likely N-dealkylation sites (tertiary alicyclic amines) is 1. The van der Waals surface area contributed by atoms with Crippen LogP contribution in [-0.4, -0.2) is 63.4 Å². The molecule has 0 radical (unpaired) electrons. The van der Waals surface area contributed by atoms with E-state index in [0.717, 1.165) is 60.8 Å². The zero-order valence-corrected chi connectivity index (χ0v) is 92.1. The van der Waals surface area contributed by atoms with Gasteiger partial charge in [0.05, 0.1) is 36.4 Å². The van der Waals surface area contributed by atoms with Crippen LogP contribution in [0.2, 0.25) is 0 Å². The van der Waals surface area contributed by atoms with E-state index in [4.69, 9.17) is 9.84 Å². The molecule has 0 aliphatic carbocycles. The maximum Gasteiger partial charge on any atom is 0.303 e. The number of quaternary nitrogens is 1. The fourth-order valence-electron chi connectivity index (χ4n) is 19.9. The largest absolute Gasteiger partial charge is 0.481 e. The molecule has 4 atom stereocenters. The van der Waals surface area contributed by atoms with Gasteiger partial charge in [0.25, 0.3) is 0 Å². The molecule has 1 aliphatic rings. The first-order valence-corrected chi connectivity index (χ1v) is 47.4. The molecule has 1 aromatic heterocycles. The van der Waals surface area contributed by atoms with Crippen LogP contribution in [0.15, 0.2) is 30.3 Å². The lowest BCUT2D eigenvalue weighted by Crippen LogP contribution is -3.21. The van der Waals surface area contributed by atoms with E-state index in [2.05, 4.69) is 456 Å². The number of aliphatic carboxylic acids is 1. The third-order valence-electron chi connectivity index (χ3n) is 24.6. The summed E-state index contributed by atoms with van der Waals surface area (Å²) in [5, 5.41) is 19.7. The molecule has 0 amide bonds. The second-order valence-corrected chi connectivity index (χ2v) is 56.8. The van der Waals surface area contributed by atoms with Crippen molar-refractivity contribution in [1.29, 1.82) is 0 Å². The second-order valence-electron chi connectivity index (χ2n) is 56.5. The van der Waals surface area contributed by atoms with Crippen molar-refractivity contribution in [3.8, 4) is 0 Å². The number of para-hydroxylation sites is 1. The van der Waals surface area contributed by atoms with Gasteiger partial charge in [-0.2, -0.15) is 12.6 Å². The lowest BCUT2D eigenvalue weighted by Gasteiger charge is -2.42. The van der Waals surface area contributed by atoms with Crippen LogP contribution in [0, 0.1) is 140 Å². The van der Waals surface area contributed by atoms with Gasteiger partial charge in [0.1, 0.15) is 0 Å². The van der Waals surface area contributed by atoms with E-state index in [9.17, 15) is 9.90 Å². The van der Waals surface area contributed by atoms with E-state index in [1.165, 1.54) is 55.2 Å². The highest BCUT2D eigenvalue weighted by Gasteiger charge is 2.45. The molecule has 2 heterocycles. The lowest BCUT2D eigenvalue weighted by molar-refractivity contribution is -0.964. The van der Waals surface area contributed by atoms with Gasteiger partial charge < -0.3 is 24.8 Å². The molecular weight excluding hydrogens is 1430 g/mol. The molecule has 1 aliphatic heterocycles. The molecule has 0 bridgehead atoms. The summed E-state index contributed by atoms with van der Waals surface area (Å²) in [5.74, 6) is 6.44. The highest BCUT2D eigenvalue weighted by molar-refractivity contribution is 7.80. The van der Waals surface area contributed by atoms with Crippen LogP contribution >= 0.6 is 12.6 Å². The van der Waals surface area contributed by atoms with E-state index < -0.39 is 5.97 Å². The van der Waals surface area contributed by atoms with Crippen LogP contribution < -0.4 is 4.90 Å². The van der Waals surface area contributed by atoms with Crippen LogP contribution in [0.3, 0.4) is 0 Å². The van der Waals surface area contributed by atoms with Crippen molar-refractivity contribution in [3.63, 3.8) is 0 Å². The van der Waals surface area contributed by atoms with E-state index in [1.54, 1.807) is 4.90 Å². The van der Waals surface area contributed by atoms with Crippen LogP contribution in [0.25, 0.3) is 10.9 Å². The van der Waals surface area contributed by atoms with Crippen molar-refractivity contribution < 1.29 is 24.6 Å². The Labute approximate surface area is 739 Å². The third-order valence-corrected chi connectivity index (χ3v) is 25.0. The number of thiol groups is 1. The van der Waals surface area contributed by atoms with E-state index in [0.29, 0.717) is 88.8 Å². The Balaban J connectivity index is -0.000000296. The number of hydrogen-bond donors (Lipinski definition) is 5. The normalized spacial score (nSPS) is 16.3. The molecule has 698 valence electrons. The predicted octanol–water partition coefficient (Wildman–Crippen LogP) is 34.0. The fraction of sp³-hybridized carbons (Fsp3) is 0.917. The van der Waals surface area contributed by atoms with E-state index >= 15 is 0 Å². The molecule has 4 unspecified atom stereocenters. The van der Waals surface area contributed by atoms with E-state index in [1.807, 2.05) is 6.92 Å². The third kappa shape index (κ3) is 57.8. The summed E-state index contributed by atoms with van der Waals surface area (Å²) in [6.07, 6.45) is 8.76. The Morgan fingerprint density at radius 1 is 0.466 bits per heavy atom. The van der Waals surface area contributed by atoms with Gasteiger partial charge in [-0.3, -0.25) is 4.79 Å². The van der Waals surface area contributed by atoms with Gasteiger partial charge in [-0.1, -0.05) is 392 Å². The first-order valence-electron chi connectivity index (χ1n) is 46.8. The van der Waals surface area contributed by atoms with Gasteiger partial charge in [-0.15, -0.1) is 0 Å². The molecule has 3 rings (SSSR count). The minimum Gasteiger partial charge on any atom is -0.481 e. The number of aliphatic hydroxyl groups excluding tert-OH is 1. The minimum atomic E-state index is -0.691. The van der Waals surface area contributed by atoms with Crippen molar-refractivity contribution in [2.75, 3.05) is 18.9 Å². The molecular formula is C109H223N2O4S+. The summed E-state index contributed by atoms with van der Waals surface area (Å²) in [6, 6.07) is 11.7. The monoisotopic (exact) mass is 1660 g/mol. The van der Waals surface area contributed by atoms with Crippen molar-refractivity contribution in [3.05, 3.63) is 36.0 Å². The fourth-order valence-corrected chi connectivity index (χ4v) is 21.0. The van der Waals surface area contributed by atoms with Gasteiger partial charge in [0.2, 0.25) is 0 Å². The number of carboxylic acids is 1. The number of rotatable bonds is 13. The van der Waals surface area contributed by atoms with Gasteiger partial charge in [-0.25, -0.2) is 0 Å². The number of H-pyrrole nitrogens is 1. The van der Waals surface area contributed by atoms with E-state index in [-0.39, 0.29) is 45.2 Å². The van der Waals surface area contributed by atoms with Gasteiger partial charge in [0, 0.05) is 35.9 Å². The first-order chi connectivity index (χ1) is 50.2. The molecule has 1 aromatic carbocycles.